The summed E-state index contributed by atoms with van der Waals surface area (Å²) in [5, 5.41) is 0. The molecule has 1 amide bonds. The smallest absolute Gasteiger partial charge is 0.263 e. The van der Waals surface area contributed by atoms with Crippen molar-refractivity contribution in [2.45, 2.75) is 20.0 Å². The number of likely N-dealkylation sites (tertiary alicyclic amines) is 1. The van der Waals surface area contributed by atoms with Gasteiger partial charge in [-0.2, -0.15) is 0 Å². The maximum atomic E-state index is 13.7. The van der Waals surface area contributed by atoms with Crippen LogP contribution in [0, 0.1) is 24.6 Å². The van der Waals surface area contributed by atoms with Gasteiger partial charge in [-0.05, 0) is 26.0 Å². The summed E-state index contributed by atoms with van der Waals surface area (Å²) in [6.07, 6.45) is 0.886. The molecule has 0 saturated carbocycles. The van der Waals surface area contributed by atoms with Gasteiger partial charge < -0.3 is 14.5 Å². The van der Waals surface area contributed by atoms with Crippen LogP contribution in [-0.2, 0) is 4.79 Å². The van der Waals surface area contributed by atoms with E-state index in [2.05, 4.69) is 14.9 Å². The Bertz CT molecular complexity index is 832. The zero-order chi connectivity index (χ0) is 19.0. The van der Waals surface area contributed by atoms with Crippen LogP contribution in [0.3, 0.4) is 0 Å². The molecule has 0 spiro atoms. The standard InChI is InChI=1S/C20H23FN4O2/c1-13-7-19(23-12-22-13)24-8-15-10-25(11-16(15)9-24)20(26)14(2)27-18-6-4-3-5-17(18)21/h3-7,12,14-16H,8-11H2,1-2H3. The van der Waals surface area contributed by atoms with E-state index < -0.39 is 11.9 Å². The third-order valence-corrected chi connectivity index (χ3v) is 5.40. The maximum Gasteiger partial charge on any atom is 0.263 e. The van der Waals surface area contributed by atoms with E-state index >= 15 is 0 Å². The molecule has 2 aromatic rings. The van der Waals surface area contributed by atoms with Gasteiger partial charge in [-0.25, -0.2) is 14.4 Å². The number of benzene rings is 1. The molecule has 0 aliphatic carbocycles. The predicted molar refractivity (Wildman–Crippen MR) is 99.0 cm³/mol. The molecule has 2 fully saturated rings. The van der Waals surface area contributed by atoms with Gasteiger partial charge in [0, 0.05) is 49.8 Å². The van der Waals surface area contributed by atoms with Crippen LogP contribution in [0.5, 0.6) is 5.75 Å². The van der Waals surface area contributed by atoms with Gasteiger partial charge in [0.05, 0.1) is 0 Å². The number of hydrogen-bond donors (Lipinski definition) is 0. The van der Waals surface area contributed by atoms with Crippen LogP contribution < -0.4 is 9.64 Å². The fourth-order valence-corrected chi connectivity index (χ4v) is 4.01. The van der Waals surface area contributed by atoms with Crippen molar-refractivity contribution in [3.63, 3.8) is 0 Å². The highest BCUT2D eigenvalue weighted by Gasteiger charge is 2.43. The van der Waals surface area contributed by atoms with E-state index in [1.807, 2.05) is 17.9 Å². The van der Waals surface area contributed by atoms with Gasteiger partial charge in [0.15, 0.2) is 17.7 Å². The van der Waals surface area contributed by atoms with Crippen LogP contribution in [0.2, 0.25) is 0 Å². The number of carbonyl (C=O) groups excluding carboxylic acids is 1. The van der Waals surface area contributed by atoms with E-state index in [1.165, 1.54) is 6.07 Å². The number of amides is 1. The monoisotopic (exact) mass is 370 g/mol. The second-order valence-electron chi connectivity index (χ2n) is 7.38. The first-order chi connectivity index (χ1) is 13.0. The predicted octanol–water partition coefficient (Wildman–Crippen LogP) is 2.29. The number of aromatic nitrogens is 2. The number of anilines is 1. The second kappa shape index (κ2) is 7.13. The highest BCUT2D eigenvalue weighted by atomic mass is 19.1. The minimum atomic E-state index is -0.707. The normalized spacial score (nSPS) is 22.6. The van der Waals surface area contributed by atoms with Crippen LogP contribution >= 0.6 is 0 Å². The summed E-state index contributed by atoms with van der Waals surface area (Å²) < 4.78 is 19.3. The second-order valence-corrected chi connectivity index (χ2v) is 7.38. The topological polar surface area (TPSA) is 58.6 Å². The first-order valence-corrected chi connectivity index (χ1v) is 9.25. The number of halogens is 1. The van der Waals surface area contributed by atoms with Gasteiger partial charge >= 0.3 is 0 Å². The van der Waals surface area contributed by atoms with Crippen molar-refractivity contribution in [2.75, 3.05) is 31.1 Å². The Labute approximate surface area is 158 Å². The first kappa shape index (κ1) is 17.7. The average Bonchev–Trinajstić information content (AvgIpc) is 3.22. The van der Waals surface area contributed by atoms with E-state index in [0.29, 0.717) is 24.9 Å². The Kier molecular flexibility index (Phi) is 4.68. The van der Waals surface area contributed by atoms with Gasteiger partial charge in [0.25, 0.3) is 5.91 Å². The Hall–Kier alpha value is -2.70. The molecule has 3 atom stereocenters. The van der Waals surface area contributed by atoms with Gasteiger partial charge in [0.1, 0.15) is 12.1 Å². The SMILES string of the molecule is Cc1cc(N2CC3CN(C(=O)C(C)Oc4ccccc4F)CC3C2)ncn1. The maximum absolute atomic E-state index is 13.7. The van der Waals surface area contributed by atoms with Crippen molar-refractivity contribution in [1.29, 1.82) is 0 Å². The molecule has 0 N–H and O–H groups in total. The average molecular weight is 370 g/mol. The molecule has 142 valence electrons. The molecule has 2 saturated heterocycles. The van der Waals surface area contributed by atoms with Crippen molar-refractivity contribution >= 4 is 11.7 Å². The van der Waals surface area contributed by atoms with Crippen molar-refractivity contribution in [2.24, 2.45) is 11.8 Å². The van der Waals surface area contributed by atoms with Gasteiger partial charge in [0.2, 0.25) is 0 Å². The van der Waals surface area contributed by atoms with Gasteiger partial charge in [-0.15, -0.1) is 0 Å². The zero-order valence-corrected chi connectivity index (χ0v) is 15.5. The van der Waals surface area contributed by atoms with Crippen LogP contribution in [-0.4, -0.2) is 53.1 Å². The van der Waals surface area contributed by atoms with Crippen molar-refractivity contribution in [3.05, 3.63) is 48.2 Å². The van der Waals surface area contributed by atoms with E-state index in [9.17, 15) is 9.18 Å². The Balaban J connectivity index is 1.35. The molecule has 3 unspecified atom stereocenters. The van der Waals surface area contributed by atoms with Gasteiger partial charge in [-0.3, -0.25) is 4.79 Å². The van der Waals surface area contributed by atoms with Crippen LogP contribution in [0.15, 0.2) is 36.7 Å². The number of carbonyl (C=O) groups is 1. The lowest BCUT2D eigenvalue weighted by Crippen LogP contribution is -2.41. The number of aryl methyl sites for hydroxylation is 1. The lowest BCUT2D eigenvalue weighted by atomic mass is 10.0. The van der Waals surface area contributed by atoms with Crippen LogP contribution in [0.25, 0.3) is 0 Å². The van der Waals surface area contributed by atoms with E-state index in [0.717, 1.165) is 24.6 Å². The lowest BCUT2D eigenvalue weighted by Gasteiger charge is -2.25. The summed E-state index contributed by atoms with van der Waals surface area (Å²) in [5.41, 5.74) is 0.952. The summed E-state index contributed by atoms with van der Waals surface area (Å²) in [6.45, 7) is 6.81. The number of para-hydroxylation sites is 1. The molecular formula is C20H23FN4O2. The molecule has 2 aliphatic heterocycles. The fourth-order valence-electron chi connectivity index (χ4n) is 4.01. The zero-order valence-electron chi connectivity index (χ0n) is 15.5. The lowest BCUT2D eigenvalue weighted by molar-refractivity contribution is -0.137. The molecule has 0 radical (unpaired) electrons. The van der Waals surface area contributed by atoms with E-state index in [4.69, 9.17) is 4.74 Å². The largest absolute Gasteiger partial charge is 0.478 e. The third kappa shape index (κ3) is 3.59. The summed E-state index contributed by atoms with van der Waals surface area (Å²) in [4.78, 5) is 25.4. The number of ether oxygens (including phenoxy) is 1. The summed E-state index contributed by atoms with van der Waals surface area (Å²) in [5.74, 6) is 1.37. The molecule has 3 heterocycles. The summed E-state index contributed by atoms with van der Waals surface area (Å²) in [6, 6.07) is 8.16. The molecule has 6 nitrogen and oxygen atoms in total. The number of fused-ring (bicyclic) bond motifs is 1. The molecular weight excluding hydrogens is 347 g/mol. The molecule has 7 heteroatoms. The molecule has 27 heavy (non-hydrogen) atoms. The highest BCUT2D eigenvalue weighted by Crippen LogP contribution is 2.33. The Morgan fingerprint density at radius 1 is 1.19 bits per heavy atom. The fraction of sp³-hybridized carbons (Fsp3) is 0.450. The summed E-state index contributed by atoms with van der Waals surface area (Å²) in [7, 11) is 0. The van der Waals surface area contributed by atoms with E-state index in [-0.39, 0.29) is 11.7 Å². The van der Waals surface area contributed by atoms with Crippen LogP contribution in [0.1, 0.15) is 12.6 Å². The van der Waals surface area contributed by atoms with Crippen LogP contribution in [0.4, 0.5) is 10.2 Å². The molecule has 1 aromatic heterocycles. The Morgan fingerprint density at radius 2 is 1.89 bits per heavy atom. The first-order valence-electron chi connectivity index (χ1n) is 9.25. The number of rotatable bonds is 4. The summed E-state index contributed by atoms with van der Waals surface area (Å²) >= 11 is 0. The highest BCUT2D eigenvalue weighted by molar-refractivity contribution is 5.81. The molecule has 4 rings (SSSR count). The Morgan fingerprint density at radius 3 is 2.56 bits per heavy atom. The number of nitrogens with zero attached hydrogens (tertiary/aromatic N) is 4. The third-order valence-electron chi connectivity index (χ3n) is 5.40. The van der Waals surface area contributed by atoms with E-state index in [1.54, 1.807) is 31.5 Å². The van der Waals surface area contributed by atoms with Crippen molar-refractivity contribution in [3.8, 4) is 5.75 Å². The molecule has 0 bridgehead atoms. The molecule has 2 aliphatic rings. The van der Waals surface area contributed by atoms with Gasteiger partial charge in [-0.1, -0.05) is 12.1 Å². The van der Waals surface area contributed by atoms with Crippen molar-refractivity contribution < 1.29 is 13.9 Å². The quantitative estimate of drug-likeness (QED) is 0.827. The van der Waals surface area contributed by atoms with Crippen molar-refractivity contribution in [1.82, 2.24) is 14.9 Å². The number of hydrogen-bond acceptors (Lipinski definition) is 5. The minimum absolute atomic E-state index is 0.0860. The molecule has 1 aromatic carbocycles. The minimum Gasteiger partial charge on any atom is -0.478 e.